The molecule has 0 amide bonds. The van der Waals surface area contributed by atoms with Crippen molar-refractivity contribution in [2.75, 3.05) is 0 Å². The molecule has 1 heterocycles. The van der Waals surface area contributed by atoms with Crippen molar-refractivity contribution in [1.29, 1.82) is 0 Å². The first-order valence-corrected chi connectivity index (χ1v) is 4.81. The molecular weight excluding hydrogens is 192 g/mol. The number of benzene rings is 1. The van der Waals surface area contributed by atoms with E-state index in [9.17, 15) is 4.79 Å². The van der Waals surface area contributed by atoms with Gasteiger partial charge < -0.3 is 5.11 Å². The summed E-state index contributed by atoms with van der Waals surface area (Å²) in [4.78, 5) is 10.7. The van der Waals surface area contributed by atoms with Crippen LogP contribution in [0.3, 0.4) is 0 Å². The molecule has 1 aromatic heterocycles. The van der Waals surface area contributed by atoms with E-state index in [4.69, 9.17) is 5.11 Å². The number of fused-ring (bicyclic) bond motifs is 1. The van der Waals surface area contributed by atoms with Crippen LogP contribution in [0.4, 0.5) is 0 Å². The molecule has 4 nitrogen and oxygen atoms in total. The molecule has 0 atom stereocenters. The number of hydrogen-bond donors (Lipinski definition) is 2. The van der Waals surface area contributed by atoms with Crippen LogP contribution in [0, 0.1) is 0 Å². The minimum Gasteiger partial charge on any atom is -0.478 e. The summed E-state index contributed by atoms with van der Waals surface area (Å²) in [6.07, 6.45) is 0. The smallest absolute Gasteiger partial charge is 0.335 e. The Bertz CT molecular complexity index is 514. The highest BCUT2D eigenvalue weighted by Gasteiger charge is 2.10. The van der Waals surface area contributed by atoms with Gasteiger partial charge in [0.1, 0.15) is 0 Å². The van der Waals surface area contributed by atoms with Crippen LogP contribution in [0.1, 0.15) is 35.8 Å². The fraction of sp³-hybridized carbons (Fsp3) is 0.273. The highest BCUT2D eigenvalue weighted by atomic mass is 16.4. The number of aromatic nitrogens is 2. The number of carbonyl (C=O) groups is 1. The van der Waals surface area contributed by atoms with Gasteiger partial charge in [0.05, 0.1) is 11.1 Å². The standard InChI is InChI=1S/C11H12N2O2/c1-6(2)10-8-4-3-7(11(14)15)5-9(8)12-13-10/h3-6H,1-2H3,(H,12,13)(H,14,15). The third kappa shape index (κ3) is 1.58. The van der Waals surface area contributed by atoms with Gasteiger partial charge in [-0.05, 0) is 18.1 Å². The van der Waals surface area contributed by atoms with Gasteiger partial charge in [-0.2, -0.15) is 5.10 Å². The Morgan fingerprint density at radius 1 is 1.47 bits per heavy atom. The fourth-order valence-corrected chi connectivity index (χ4v) is 1.61. The topological polar surface area (TPSA) is 66.0 Å². The number of aromatic carboxylic acids is 1. The normalized spacial score (nSPS) is 11.1. The van der Waals surface area contributed by atoms with Crippen LogP contribution in [0.5, 0.6) is 0 Å². The lowest BCUT2D eigenvalue weighted by Crippen LogP contribution is -1.95. The van der Waals surface area contributed by atoms with E-state index in [0.29, 0.717) is 11.4 Å². The Hall–Kier alpha value is -1.84. The highest BCUT2D eigenvalue weighted by Crippen LogP contribution is 2.23. The van der Waals surface area contributed by atoms with Crippen molar-refractivity contribution in [2.45, 2.75) is 19.8 Å². The Morgan fingerprint density at radius 3 is 2.80 bits per heavy atom. The predicted octanol–water partition coefficient (Wildman–Crippen LogP) is 2.38. The van der Waals surface area contributed by atoms with Crippen LogP contribution in [0.25, 0.3) is 10.9 Å². The first-order chi connectivity index (χ1) is 7.09. The highest BCUT2D eigenvalue weighted by molar-refractivity contribution is 5.93. The van der Waals surface area contributed by atoms with Crippen LogP contribution in [-0.2, 0) is 0 Å². The maximum absolute atomic E-state index is 10.7. The predicted molar refractivity (Wildman–Crippen MR) is 57.1 cm³/mol. The summed E-state index contributed by atoms with van der Waals surface area (Å²) in [6.45, 7) is 4.14. The molecule has 0 saturated carbocycles. The zero-order valence-corrected chi connectivity index (χ0v) is 8.61. The van der Waals surface area contributed by atoms with Crippen LogP contribution < -0.4 is 0 Å². The monoisotopic (exact) mass is 204 g/mol. The lowest BCUT2D eigenvalue weighted by atomic mass is 10.0. The van der Waals surface area contributed by atoms with Gasteiger partial charge in [-0.25, -0.2) is 4.79 Å². The minimum atomic E-state index is -0.925. The summed E-state index contributed by atoms with van der Waals surface area (Å²) in [5, 5.41) is 16.8. The van der Waals surface area contributed by atoms with Crippen molar-refractivity contribution in [1.82, 2.24) is 10.2 Å². The molecule has 4 heteroatoms. The van der Waals surface area contributed by atoms with Gasteiger partial charge in [0.25, 0.3) is 0 Å². The summed E-state index contributed by atoms with van der Waals surface area (Å²) >= 11 is 0. The van der Waals surface area contributed by atoms with Crippen molar-refractivity contribution in [2.24, 2.45) is 0 Å². The number of carboxylic acid groups (broad SMARTS) is 1. The number of aromatic amines is 1. The number of H-pyrrole nitrogens is 1. The Morgan fingerprint density at radius 2 is 2.20 bits per heavy atom. The zero-order valence-electron chi connectivity index (χ0n) is 8.61. The van der Waals surface area contributed by atoms with Gasteiger partial charge in [0, 0.05) is 11.1 Å². The Labute approximate surface area is 86.9 Å². The second kappa shape index (κ2) is 3.38. The fourth-order valence-electron chi connectivity index (χ4n) is 1.61. The molecule has 15 heavy (non-hydrogen) atoms. The molecule has 0 radical (unpaired) electrons. The van der Waals surface area contributed by atoms with E-state index in [1.54, 1.807) is 18.2 Å². The SMILES string of the molecule is CC(C)c1[nH]nc2cc(C(=O)O)ccc12. The summed E-state index contributed by atoms with van der Waals surface area (Å²) in [6, 6.07) is 4.99. The summed E-state index contributed by atoms with van der Waals surface area (Å²) in [5.41, 5.74) is 2.02. The number of nitrogens with one attached hydrogen (secondary N) is 1. The van der Waals surface area contributed by atoms with E-state index >= 15 is 0 Å². The van der Waals surface area contributed by atoms with E-state index in [-0.39, 0.29) is 5.56 Å². The van der Waals surface area contributed by atoms with E-state index in [2.05, 4.69) is 24.0 Å². The van der Waals surface area contributed by atoms with E-state index in [1.165, 1.54) is 0 Å². The maximum Gasteiger partial charge on any atom is 0.335 e. The minimum absolute atomic E-state index is 0.268. The molecule has 0 fully saturated rings. The van der Waals surface area contributed by atoms with Gasteiger partial charge in [-0.3, -0.25) is 5.10 Å². The van der Waals surface area contributed by atoms with Gasteiger partial charge in [0.2, 0.25) is 0 Å². The van der Waals surface area contributed by atoms with Crippen molar-refractivity contribution in [3.05, 3.63) is 29.5 Å². The molecule has 2 N–H and O–H groups in total. The average molecular weight is 204 g/mol. The quantitative estimate of drug-likeness (QED) is 0.789. The third-order valence-corrected chi connectivity index (χ3v) is 2.41. The number of rotatable bonds is 2. The van der Waals surface area contributed by atoms with Crippen LogP contribution in [0.2, 0.25) is 0 Å². The molecule has 0 bridgehead atoms. The molecule has 0 aliphatic heterocycles. The zero-order chi connectivity index (χ0) is 11.0. The number of hydrogen-bond acceptors (Lipinski definition) is 2. The van der Waals surface area contributed by atoms with Gasteiger partial charge in [-0.1, -0.05) is 19.9 Å². The molecule has 0 spiro atoms. The van der Waals surface area contributed by atoms with Crippen molar-refractivity contribution in [3.8, 4) is 0 Å². The molecule has 78 valence electrons. The third-order valence-electron chi connectivity index (χ3n) is 2.41. The van der Waals surface area contributed by atoms with Gasteiger partial charge >= 0.3 is 5.97 Å². The molecule has 1 aromatic carbocycles. The first-order valence-electron chi connectivity index (χ1n) is 4.81. The second-order valence-electron chi connectivity index (χ2n) is 3.83. The molecule has 0 aliphatic carbocycles. The van der Waals surface area contributed by atoms with Crippen molar-refractivity contribution in [3.63, 3.8) is 0 Å². The molecular formula is C11H12N2O2. The number of carboxylic acids is 1. The molecule has 0 unspecified atom stereocenters. The summed E-state index contributed by atoms with van der Waals surface area (Å²) < 4.78 is 0. The Kier molecular flexibility index (Phi) is 2.19. The second-order valence-corrected chi connectivity index (χ2v) is 3.83. The van der Waals surface area contributed by atoms with Gasteiger partial charge in [-0.15, -0.1) is 0 Å². The lowest BCUT2D eigenvalue weighted by molar-refractivity contribution is 0.0697. The lowest BCUT2D eigenvalue weighted by Gasteiger charge is -2.00. The maximum atomic E-state index is 10.7. The van der Waals surface area contributed by atoms with Crippen LogP contribution >= 0.6 is 0 Å². The first kappa shape index (κ1) is 9.71. The largest absolute Gasteiger partial charge is 0.478 e. The van der Waals surface area contributed by atoms with Gasteiger partial charge in [0.15, 0.2) is 0 Å². The van der Waals surface area contributed by atoms with E-state index in [1.807, 2.05) is 0 Å². The van der Waals surface area contributed by atoms with Crippen LogP contribution in [-0.4, -0.2) is 21.3 Å². The molecule has 2 aromatic rings. The van der Waals surface area contributed by atoms with E-state index in [0.717, 1.165) is 11.1 Å². The van der Waals surface area contributed by atoms with E-state index < -0.39 is 5.97 Å². The molecule has 2 rings (SSSR count). The van der Waals surface area contributed by atoms with Crippen molar-refractivity contribution < 1.29 is 9.90 Å². The van der Waals surface area contributed by atoms with Crippen LogP contribution in [0.15, 0.2) is 18.2 Å². The van der Waals surface area contributed by atoms with Crippen molar-refractivity contribution >= 4 is 16.9 Å². The summed E-state index contributed by atoms with van der Waals surface area (Å²) in [7, 11) is 0. The summed E-state index contributed by atoms with van der Waals surface area (Å²) in [5.74, 6) is -0.573. The number of nitrogens with zero attached hydrogens (tertiary/aromatic N) is 1. The Balaban J connectivity index is 2.61. The average Bonchev–Trinajstić information content (AvgIpc) is 2.59. The molecule has 0 aliphatic rings. The molecule has 0 saturated heterocycles.